The van der Waals surface area contributed by atoms with E-state index in [1.807, 2.05) is 19.9 Å². The quantitative estimate of drug-likeness (QED) is 0.265. The van der Waals surface area contributed by atoms with Gasteiger partial charge in [0.05, 0.1) is 0 Å². The second-order valence-corrected chi connectivity index (χ2v) is 2.16. The van der Waals surface area contributed by atoms with Crippen molar-refractivity contribution in [3.63, 3.8) is 0 Å². The fourth-order valence-corrected chi connectivity index (χ4v) is 0. The Labute approximate surface area is 304 Å². The molecule has 0 heterocycles. The number of unbranched alkanes of at least 4 members (excludes halogenated alkanes) is 1. The van der Waals surface area contributed by atoms with E-state index >= 15 is 0 Å². The van der Waals surface area contributed by atoms with Crippen LogP contribution in [-0.2, 0) is 124 Å². The van der Waals surface area contributed by atoms with Crippen LogP contribution in [0.3, 0.4) is 0 Å². The fraction of sp³-hybridized carbons (Fsp3) is 0.571. The van der Waals surface area contributed by atoms with E-state index in [4.69, 9.17) is 4.79 Å². The summed E-state index contributed by atoms with van der Waals surface area (Å²) in [6, 6.07) is 0. The Morgan fingerprint density at radius 3 is 0.917 bits per heavy atom. The van der Waals surface area contributed by atoms with Crippen LogP contribution in [0, 0.1) is 114 Å². The van der Waals surface area contributed by atoms with Gasteiger partial charge in [0, 0.05) is 212 Å². The van der Waals surface area contributed by atoms with Gasteiger partial charge in [0.25, 0.3) is 0 Å². The molecule has 0 spiro atoms. The third-order valence-electron chi connectivity index (χ3n) is 0.589. The van der Waals surface area contributed by atoms with Crippen molar-refractivity contribution in [2.45, 2.75) is 54.4 Å². The smallest absolute Gasteiger partial charge is 0.116 e. The van der Waals surface area contributed by atoms with E-state index in [0.717, 1.165) is 19.1 Å². The second-order valence-electron chi connectivity index (χ2n) is 2.16. The molecule has 10 heteroatoms. The summed E-state index contributed by atoms with van der Waals surface area (Å²) in [6.07, 6.45) is 7.67. The molecule has 0 aromatic heterocycles. The molecule has 0 saturated heterocycles. The van der Waals surface area contributed by atoms with Crippen LogP contribution in [0.4, 0.5) is 0 Å². The normalized spacial score (nSPS) is 4.08. The van der Waals surface area contributed by atoms with Crippen molar-refractivity contribution in [3.05, 3.63) is 32.9 Å². The molecule has 24 heavy (non-hydrogen) atoms. The van der Waals surface area contributed by atoms with Crippen molar-refractivity contribution in [2.75, 3.05) is 0 Å². The minimum absolute atomic E-state index is 0. The van der Waals surface area contributed by atoms with Crippen LogP contribution in [0.1, 0.15) is 54.4 Å². The summed E-state index contributed by atoms with van der Waals surface area (Å²) >= 11 is 0. The van der Waals surface area contributed by atoms with Gasteiger partial charge in [0.1, 0.15) is 6.29 Å². The molecule has 0 aromatic rings. The van der Waals surface area contributed by atoms with Crippen molar-refractivity contribution in [2.24, 2.45) is 0 Å². The summed E-state index contributed by atoms with van der Waals surface area (Å²) in [6.45, 7) is 18.0. The van der Waals surface area contributed by atoms with Crippen LogP contribution in [0.5, 0.6) is 0 Å². The van der Waals surface area contributed by atoms with Gasteiger partial charge in [-0.1, -0.05) is 27.7 Å². The number of carbonyl (C=O) groups excluding carboxylic acids is 1. The third kappa shape index (κ3) is 308. The van der Waals surface area contributed by atoms with Gasteiger partial charge in [0.15, 0.2) is 0 Å². The van der Waals surface area contributed by atoms with Crippen LogP contribution in [0.2, 0.25) is 0 Å². The van der Waals surface area contributed by atoms with Gasteiger partial charge in [-0.25, -0.2) is 19.1 Å². The SMILES string of the molecule is C.CC=O.[CH2-]C=CC.[CH2-]CC.[CH2-]CCC.[U].[U].[U].[V].[V].[V].[W].[W].[W]. The third-order valence-corrected chi connectivity index (χ3v) is 0.589. The zero-order valence-corrected chi connectivity index (χ0v) is 39.9. The molecular weight excluding hydrogens is 1600 g/mol. The van der Waals surface area contributed by atoms with Crippen LogP contribution < -0.4 is 0 Å². The molecule has 0 atom stereocenters. The minimum Gasteiger partial charge on any atom is -0.344 e. The van der Waals surface area contributed by atoms with E-state index in [0.29, 0.717) is 0 Å². The van der Waals surface area contributed by atoms with E-state index in [9.17, 15) is 0 Å². The number of aldehydes is 1. The fourth-order valence-electron chi connectivity index (χ4n) is 0. The minimum atomic E-state index is 0. The van der Waals surface area contributed by atoms with Crippen molar-refractivity contribution < 1.29 is 217 Å². The Kier molecular flexibility index (Phi) is 635. The second kappa shape index (κ2) is 156. The van der Waals surface area contributed by atoms with Gasteiger partial charge in [-0.2, -0.15) is 12.8 Å². The van der Waals surface area contributed by atoms with Crippen LogP contribution in [-0.4, -0.2) is 6.29 Å². The van der Waals surface area contributed by atoms with Crippen molar-refractivity contribution >= 4 is 6.29 Å². The Balaban J connectivity index is -0.00000000409. The van der Waals surface area contributed by atoms with E-state index < -0.39 is 0 Å². The average Bonchev–Trinajstić information content (AvgIpc) is 2.20. The number of hydrogen-bond acceptors (Lipinski definition) is 1. The van der Waals surface area contributed by atoms with Gasteiger partial charge in [-0.3, -0.25) is 0 Å². The zero-order chi connectivity index (χ0) is 12.2. The molecular formula is C14H31OU3V3W3-3. The average molecular weight is 1630 g/mol. The first-order chi connectivity index (χ1) is 6.66. The maximum Gasteiger partial charge on any atom is 0.116 e. The first-order valence-electron chi connectivity index (χ1n) is 5.05. The van der Waals surface area contributed by atoms with Crippen molar-refractivity contribution in [3.8, 4) is 0 Å². The summed E-state index contributed by atoms with van der Waals surface area (Å²) in [4.78, 5) is 8.81. The Morgan fingerprint density at radius 2 is 0.917 bits per heavy atom. The Hall–Kier alpha value is 6.25. The molecule has 0 aromatic carbocycles. The van der Waals surface area contributed by atoms with Crippen LogP contribution in [0.25, 0.3) is 0 Å². The molecule has 0 saturated carbocycles. The molecule has 0 bridgehead atoms. The molecule has 0 aliphatic rings. The molecule has 0 rings (SSSR count). The van der Waals surface area contributed by atoms with Crippen LogP contribution in [0.15, 0.2) is 12.2 Å². The number of rotatable bonds is 1. The van der Waals surface area contributed by atoms with Gasteiger partial charge < -0.3 is 18.6 Å². The van der Waals surface area contributed by atoms with E-state index in [1.54, 1.807) is 6.08 Å². The van der Waals surface area contributed by atoms with Crippen LogP contribution >= 0.6 is 0 Å². The molecule has 0 N–H and O–H groups in total. The predicted molar refractivity (Wildman–Crippen MR) is 74.6 cm³/mol. The maximum atomic E-state index is 8.81. The Morgan fingerprint density at radius 1 is 0.833 bits per heavy atom. The van der Waals surface area contributed by atoms with Gasteiger partial charge in [-0.15, -0.1) is 6.92 Å². The van der Waals surface area contributed by atoms with E-state index in [-0.39, 0.29) is 220 Å². The van der Waals surface area contributed by atoms with Gasteiger partial charge >= 0.3 is 0 Å². The number of hydrogen-bond donors (Lipinski definition) is 0. The van der Waals surface area contributed by atoms with Crippen molar-refractivity contribution in [1.82, 2.24) is 0 Å². The van der Waals surface area contributed by atoms with E-state index in [2.05, 4.69) is 27.7 Å². The molecule has 0 amide bonds. The maximum absolute atomic E-state index is 8.81. The first kappa shape index (κ1) is 98.0. The largest absolute Gasteiger partial charge is 0.344 e. The van der Waals surface area contributed by atoms with Crippen molar-refractivity contribution in [1.29, 1.82) is 0 Å². The first-order valence-corrected chi connectivity index (χ1v) is 5.05. The standard InChI is InChI=1S/C4H9.C4H7.C3H7.C2H4O.CH4.3U.3V.3W/c2*1-3-4-2;1-3-2;1-2-3;;;;;;;;;;/h1,3-4H2,2H3;3-4H,1H2,2H3;1,3H2,2H3;2H,1H3;1H4;;;;;;;;;/q3*-1;;;;;;;;;;;. The summed E-state index contributed by atoms with van der Waals surface area (Å²) in [5.41, 5.74) is 0. The number of allylic oxidation sites excluding steroid dienone is 2. The zero-order valence-electron chi connectivity index (χ0n) is 14.4. The predicted octanol–water partition coefficient (Wildman–Crippen LogP) is 5.07. The summed E-state index contributed by atoms with van der Waals surface area (Å²) in [7, 11) is 0. The topological polar surface area (TPSA) is 17.1 Å². The number of carbonyl (C=O) groups is 1. The Bertz CT molecular complexity index is 107. The monoisotopic (exact) mass is 1630 g/mol. The molecule has 3 radical (unpaired) electrons. The molecule has 1 nitrogen and oxygen atoms in total. The molecule has 0 aliphatic heterocycles. The molecule has 0 aliphatic carbocycles. The summed E-state index contributed by atoms with van der Waals surface area (Å²) in [5, 5.41) is 0. The molecule has 0 unspecified atom stereocenters. The van der Waals surface area contributed by atoms with Gasteiger partial charge in [0.2, 0.25) is 0 Å². The summed E-state index contributed by atoms with van der Waals surface area (Å²) < 4.78 is 0. The van der Waals surface area contributed by atoms with E-state index in [1.165, 1.54) is 13.3 Å². The molecule has 141 valence electrons. The summed E-state index contributed by atoms with van der Waals surface area (Å²) in [5.74, 6) is 0. The van der Waals surface area contributed by atoms with Gasteiger partial charge in [-0.05, 0) is 6.92 Å². The molecule has 0 fully saturated rings.